The van der Waals surface area contributed by atoms with Gasteiger partial charge in [0.2, 0.25) is 0 Å². The Morgan fingerprint density at radius 2 is 2.00 bits per heavy atom. The van der Waals surface area contributed by atoms with E-state index in [1.165, 1.54) is 6.07 Å². The molecule has 172 valence electrons. The molecule has 0 amide bonds. The fourth-order valence-electron chi connectivity index (χ4n) is 3.83. The van der Waals surface area contributed by atoms with Gasteiger partial charge in [-0.2, -0.15) is 5.10 Å². The summed E-state index contributed by atoms with van der Waals surface area (Å²) < 4.78 is 29.2. The van der Waals surface area contributed by atoms with Crippen LogP contribution in [0.15, 0.2) is 42.9 Å². The highest BCUT2D eigenvalue weighted by molar-refractivity contribution is 7.69. The molecule has 0 saturated heterocycles. The minimum absolute atomic E-state index is 0.0288. The van der Waals surface area contributed by atoms with E-state index in [-0.39, 0.29) is 6.04 Å². The van der Waals surface area contributed by atoms with Crippen LogP contribution in [0, 0.1) is 12.7 Å². The number of aryl methyl sites for hydroxylation is 2. The van der Waals surface area contributed by atoms with Crippen LogP contribution in [0.5, 0.6) is 0 Å². The number of hydrogen-bond donors (Lipinski definition) is 1. The van der Waals surface area contributed by atoms with Crippen molar-refractivity contribution in [2.75, 3.05) is 18.6 Å². The first-order chi connectivity index (χ1) is 15.6. The van der Waals surface area contributed by atoms with Gasteiger partial charge in [0.1, 0.15) is 13.0 Å². The van der Waals surface area contributed by atoms with Crippen molar-refractivity contribution in [2.45, 2.75) is 26.3 Å². The van der Waals surface area contributed by atoms with Gasteiger partial charge in [0, 0.05) is 47.6 Å². The van der Waals surface area contributed by atoms with Gasteiger partial charge in [0.15, 0.2) is 0 Å². The lowest BCUT2D eigenvalue weighted by atomic mass is 10.0. The molecule has 4 rings (SSSR count). The molecule has 33 heavy (non-hydrogen) atoms. The van der Waals surface area contributed by atoms with Crippen molar-refractivity contribution in [1.82, 2.24) is 19.7 Å². The molecule has 4 aromatic rings. The number of anilines is 1. The second-order valence-corrected chi connectivity index (χ2v) is 12.1. The number of nitrogens with one attached hydrogen (secondary N) is 1. The number of nitrogens with zero attached hydrogens (tertiary/aromatic N) is 4. The lowest BCUT2D eigenvalue weighted by Crippen LogP contribution is -2.11. The van der Waals surface area contributed by atoms with Gasteiger partial charge in [-0.1, -0.05) is 24.6 Å². The summed E-state index contributed by atoms with van der Waals surface area (Å²) in [6, 6.07) is 6.57. The van der Waals surface area contributed by atoms with E-state index in [1.807, 2.05) is 19.4 Å². The maximum atomic E-state index is 15.1. The summed E-state index contributed by atoms with van der Waals surface area (Å²) in [4.78, 5) is 8.82. The van der Waals surface area contributed by atoms with Gasteiger partial charge in [-0.05, 0) is 38.8 Å². The summed E-state index contributed by atoms with van der Waals surface area (Å²) in [5.41, 5.74) is 4.34. The molecule has 0 bridgehead atoms. The summed E-state index contributed by atoms with van der Waals surface area (Å²) in [5, 5.41) is 9.02. The number of fused-ring (bicyclic) bond motifs is 1. The van der Waals surface area contributed by atoms with E-state index in [0.717, 1.165) is 12.0 Å². The van der Waals surface area contributed by atoms with E-state index in [9.17, 15) is 4.57 Å². The average Bonchev–Trinajstić information content (AvgIpc) is 3.19. The topological polar surface area (TPSA) is 72.7 Å². The van der Waals surface area contributed by atoms with E-state index in [1.54, 1.807) is 49.3 Å². The highest BCUT2D eigenvalue weighted by Gasteiger charge is 2.20. The second kappa shape index (κ2) is 8.88. The Bertz CT molecular complexity index is 1380. The third kappa shape index (κ3) is 4.66. The van der Waals surface area contributed by atoms with Gasteiger partial charge in [0.05, 0.1) is 39.6 Å². The van der Waals surface area contributed by atoms with Crippen LogP contribution in [-0.2, 0) is 11.6 Å². The van der Waals surface area contributed by atoms with Gasteiger partial charge in [-0.3, -0.25) is 14.6 Å². The maximum absolute atomic E-state index is 15.1. The van der Waals surface area contributed by atoms with E-state index >= 15 is 4.39 Å². The predicted molar refractivity (Wildman–Crippen MR) is 134 cm³/mol. The van der Waals surface area contributed by atoms with Crippen molar-refractivity contribution in [3.05, 3.63) is 65.0 Å². The Labute approximate surface area is 197 Å². The molecule has 1 N–H and O–H groups in total. The van der Waals surface area contributed by atoms with Crippen LogP contribution in [0.2, 0.25) is 5.02 Å². The van der Waals surface area contributed by atoms with Crippen LogP contribution in [0.3, 0.4) is 0 Å². The fourth-order valence-corrected chi connectivity index (χ4v) is 4.79. The number of hydrogen-bond acceptors (Lipinski definition) is 5. The van der Waals surface area contributed by atoms with Gasteiger partial charge >= 0.3 is 0 Å². The van der Waals surface area contributed by atoms with E-state index in [0.29, 0.717) is 43.9 Å². The summed E-state index contributed by atoms with van der Waals surface area (Å²) in [7, 11) is -0.622. The number of halogens is 2. The standard InChI is InChI=1S/C24H26ClFN5OP/c1-6-20(16-12-28-31(3)13-16)30-24-18-9-17(15-7-8-22(27-11-15)33(4,5)32)19(26)10-21(18)29-14(2)23(24)25/h7-13,20H,6H2,1-5H3,(H,29,30). The second-order valence-electron chi connectivity index (χ2n) is 8.54. The van der Waals surface area contributed by atoms with E-state index in [2.05, 4.69) is 27.3 Å². The van der Waals surface area contributed by atoms with Crippen LogP contribution in [0.25, 0.3) is 22.0 Å². The van der Waals surface area contributed by atoms with Crippen LogP contribution >= 0.6 is 18.7 Å². The Morgan fingerprint density at radius 1 is 1.24 bits per heavy atom. The Hall–Kier alpha value is -2.76. The molecule has 3 aromatic heterocycles. The van der Waals surface area contributed by atoms with Gasteiger partial charge in [0.25, 0.3) is 0 Å². The van der Waals surface area contributed by atoms with Crippen molar-refractivity contribution < 1.29 is 8.96 Å². The zero-order chi connectivity index (χ0) is 23.9. The SMILES string of the molecule is CCC(Nc1c(Cl)c(C)nc2cc(F)c(-c3ccc(P(C)(C)=O)nc3)cc12)c1cnn(C)c1. The lowest BCUT2D eigenvalue weighted by Gasteiger charge is -2.21. The monoisotopic (exact) mass is 485 g/mol. The maximum Gasteiger partial charge on any atom is 0.133 e. The van der Waals surface area contributed by atoms with Crippen LogP contribution in [-0.4, -0.2) is 33.1 Å². The molecule has 0 radical (unpaired) electrons. The average molecular weight is 486 g/mol. The summed E-state index contributed by atoms with van der Waals surface area (Å²) in [5.74, 6) is -0.410. The molecule has 6 nitrogen and oxygen atoms in total. The van der Waals surface area contributed by atoms with Crippen molar-refractivity contribution >= 4 is 40.8 Å². The first kappa shape index (κ1) is 23.4. The van der Waals surface area contributed by atoms with Crippen molar-refractivity contribution in [2.24, 2.45) is 7.05 Å². The van der Waals surface area contributed by atoms with Gasteiger partial charge < -0.3 is 9.88 Å². The molecule has 0 fully saturated rings. The van der Waals surface area contributed by atoms with Crippen LogP contribution < -0.4 is 10.8 Å². The molecule has 9 heteroatoms. The molecular formula is C24H26ClFN5OP. The Kier molecular flexibility index (Phi) is 6.30. The van der Waals surface area contributed by atoms with Crippen LogP contribution in [0.1, 0.15) is 30.6 Å². The highest BCUT2D eigenvalue weighted by atomic mass is 35.5. The molecule has 1 unspecified atom stereocenters. The summed E-state index contributed by atoms with van der Waals surface area (Å²) in [6.45, 7) is 7.20. The molecule has 0 aliphatic carbocycles. The molecule has 0 spiro atoms. The molecule has 1 aromatic carbocycles. The number of pyridine rings is 2. The summed E-state index contributed by atoms with van der Waals surface area (Å²) >= 11 is 6.69. The van der Waals surface area contributed by atoms with Gasteiger partial charge in [-0.15, -0.1) is 0 Å². The minimum Gasteiger partial charge on any atom is -0.376 e. The zero-order valence-electron chi connectivity index (χ0n) is 19.2. The largest absolute Gasteiger partial charge is 0.376 e. The van der Waals surface area contributed by atoms with Crippen molar-refractivity contribution in [3.63, 3.8) is 0 Å². The molecule has 0 aliphatic heterocycles. The quantitative estimate of drug-likeness (QED) is 0.342. The lowest BCUT2D eigenvalue weighted by molar-refractivity contribution is 0.588. The Morgan fingerprint density at radius 3 is 2.58 bits per heavy atom. The predicted octanol–water partition coefficient (Wildman–Crippen LogP) is 5.94. The molecular weight excluding hydrogens is 460 g/mol. The Balaban J connectivity index is 1.85. The number of benzene rings is 1. The zero-order valence-corrected chi connectivity index (χ0v) is 20.9. The molecule has 3 heterocycles. The third-order valence-electron chi connectivity index (χ3n) is 5.64. The number of aromatic nitrogens is 4. The van der Waals surface area contributed by atoms with Crippen molar-refractivity contribution in [1.29, 1.82) is 0 Å². The number of rotatable bonds is 6. The molecule has 0 aliphatic rings. The van der Waals surface area contributed by atoms with Crippen LogP contribution in [0.4, 0.5) is 10.1 Å². The smallest absolute Gasteiger partial charge is 0.133 e. The van der Waals surface area contributed by atoms with Gasteiger partial charge in [-0.25, -0.2) is 4.39 Å². The molecule has 1 atom stereocenters. The highest BCUT2D eigenvalue weighted by Crippen LogP contribution is 2.39. The minimum atomic E-state index is -2.50. The normalized spacial score (nSPS) is 12.8. The first-order valence-corrected chi connectivity index (χ1v) is 13.6. The van der Waals surface area contributed by atoms with E-state index in [4.69, 9.17) is 11.6 Å². The third-order valence-corrected chi connectivity index (χ3v) is 7.48. The van der Waals surface area contributed by atoms with Crippen molar-refractivity contribution in [3.8, 4) is 11.1 Å². The first-order valence-electron chi connectivity index (χ1n) is 10.6. The van der Waals surface area contributed by atoms with E-state index < -0.39 is 13.0 Å². The summed E-state index contributed by atoms with van der Waals surface area (Å²) in [6.07, 6.45) is 6.14. The molecule has 0 saturated carbocycles. The fraction of sp³-hybridized carbons (Fsp3) is 0.292.